The van der Waals surface area contributed by atoms with Crippen LogP contribution in [0, 0.1) is 0 Å². The first-order chi connectivity index (χ1) is 15.2. The van der Waals surface area contributed by atoms with E-state index in [4.69, 9.17) is 21.1 Å². The van der Waals surface area contributed by atoms with E-state index in [9.17, 15) is 0 Å². The van der Waals surface area contributed by atoms with Gasteiger partial charge in [0, 0.05) is 34.9 Å². The minimum Gasteiger partial charge on any atom is -0.342 e. The summed E-state index contributed by atoms with van der Waals surface area (Å²) in [5.74, 6) is 1.25. The van der Waals surface area contributed by atoms with Gasteiger partial charge < -0.3 is 9.09 Å². The molecule has 0 fully saturated rings. The fourth-order valence-corrected chi connectivity index (χ4v) is 4.16. The normalized spacial score (nSPS) is 11.0. The molecule has 0 N–H and O–H groups in total. The van der Waals surface area contributed by atoms with Crippen molar-refractivity contribution < 1.29 is 4.52 Å². The van der Waals surface area contributed by atoms with E-state index in [0.29, 0.717) is 10.8 Å². The number of benzene rings is 1. The predicted octanol–water partition coefficient (Wildman–Crippen LogP) is 5.40. The molecule has 5 rings (SSSR count). The number of nitrogens with zero attached hydrogens (tertiary/aromatic N) is 6. The molecule has 1 aromatic carbocycles. The van der Waals surface area contributed by atoms with Gasteiger partial charge in [0.05, 0.1) is 5.69 Å². The molecule has 0 amide bonds. The largest absolute Gasteiger partial charge is 0.342 e. The molecule has 0 radical (unpaired) electrons. The maximum Gasteiger partial charge on any atom is 0.214 e. The molecule has 152 valence electrons. The minimum atomic E-state index is 0.491. The zero-order chi connectivity index (χ0) is 21.2. The van der Waals surface area contributed by atoms with Crippen LogP contribution in [-0.4, -0.2) is 29.7 Å². The summed E-state index contributed by atoms with van der Waals surface area (Å²) < 4.78 is 6.85. The summed E-state index contributed by atoms with van der Waals surface area (Å²) in [4.78, 5) is 19.1. The molecule has 0 aliphatic carbocycles. The van der Waals surface area contributed by atoms with Crippen molar-refractivity contribution in [2.24, 2.45) is 7.05 Å². The lowest BCUT2D eigenvalue weighted by atomic mass is 10.2. The first-order valence-corrected chi connectivity index (χ1v) is 10.5. The monoisotopic (exact) mass is 446 g/mol. The molecule has 0 saturated carbocycles. The Morgan fingerprint density at radius 3 is 2.48 bits per heavy atom. The van der Waals surface area contributed by atoms with Crippen LogP contribution in [0.15, 0.2) is 87.8 Å². The molecule has 9 heteroatoms. The summed E-state index contributed by atoms with van der Waals surface area (Å²) >= 11 is 7.65. The molecule has 31 heavy (non-hydrogen) atoms. The topological polar surface area (TPSA) is 82.5 Å². The second kappa shape index (κ2) is 8.33. The van der Waals surface area contributed by atoms with E-state index in [1.54, 1.807) is 24.2 Å². The molecule has 0 aliphatic rings. The molecule has 0 bridgehead atoms. The summed E-state index contributed by atoms with van der Waals surface area (Å²) in [5, 5.41) is 5.50. The van der Waals surface area contributed by atoms with Gasteiger partial charge in [-0.05, 0) is 48.5 Å². The number of hydrogen-bond donors (Lipinski definition) is 0. The predicted molar refractivity (Wildman–Crippen MR) is 119 cm³/mol. The van der Waals surface area contributed by atoms with E-state index in [1.807, 2.05) is 66.2 Å². The molecular weight excluding hydrogens is 432 g/mol. The zero-order valence-electron chi connectivity index (χ0n) is 16.3. The Balaban J connectivity index is 1.60. The van der Waals surface area contributed by atoms with Crippen LogP contribution in [0.3, 0.4) is 0 Å². The number of pyridine rings is 2. The fraction of sp³-hybridized carbons (Fsp3) is 0.0455. The van der Waals surface area contributed by atoms with Crippen LogP contribution in [0.25, 0.3) is 34.3 Å². The number of halogens is 1. The molecule has 0 unspecified atom stereocenters. The quantitative estimate of drug-likeness (QED) is 0.357. The maximum atomic E-state index is 6.05. The third-order valence-corrected chi connectivity index (χ3v) is 6.01. The van der Waals surface area contributed by atoms with Gasteiger partial charge in [0.1, 0.15) is 16.4 Å². The lowest BCUT2D eigenvalue weighted by Crippen LogP contribution is -1.96. The van der Waals surface area contributed by atoms with Gasteiger partial charge in [-0.25, -0.2) is 4.98 Å². The van der Waals surface area contributed by atoms with Crippen LogP contribution in [-0.2, 0) is 7.05 Å². The van der Waals surface area contributed by atoms with Gasteiger partial charge in [-0.2, -0.15) is 4.98 Å². The van der Waals surface area contributed by atoms with Gasteiger partial charge in [-0.15, -0.1) is 0 Å². The van der Waals surface area contributed by atoms with Gasteiger partial charge in [-0.3, -0.25) is 9.97 Å². The van der Waals surface area contributed by atoms with Crippen molar-refractivity contribution in [3.8, 4) is 34.3 Å². The summed E-state index contributed by atoms with van der Waals surface area (Å²) in [6.45, 7) is 0. The highest BCUT2D eigenvalue weighted by atomic mass is 35.5. The van der Waals surface area contributed by atoms with E-state index in [0.717, 1.165) is 38.4 Å². The Morgan fingerprint density at radius 1 is 0.935 bits per heavy atom. The van der Waals surface area contributed by atoms with Crippen LogP contribution in [0.1, 0.15) is 0 Å². The highest BCUT2D eigenvalue weighted by molar-refractivity contribution is 7.99. The van der Waals surface area contributed by atoms with Crippen LogP contribution < -0.4 is 0 Å². The molecule has 7 nitrogen and oxygen atoms in total. The number of imidazole rings is 1. The first kappa shape index (κ1) is 19.5. The van der Waals surface area contributed by atoms with Crippen molar-refractivity contribution >= 4 is 23.4 Å². The maximum absolute atomic E-state index is 6.05. The van der Waals surface area contributed by atoms with Crippen molar-refractivity contribution in [3.05, 3.63) is 78.4 Å². The van der Waals surface area contributed by atoms with Gasteiger partial charge in [0.2, 0.25) is 12.2 Å². The molecule has 4 aromatic heterocycles. The van der Waals surface area contributed by atoms with Crippen LogP contribution in [0.4, 0.5) is 0 Å². The lowest BCUT2D eigenvalue weighted by Gasteiger charge is -2.07. The highest BCUT2D eigenvalue weighted by Crippen LogP contribution is 2.38. The summed E-state index contributed by atoms with van der Waals surface area (Å²) in [6.07, 6.45) is 4.77. The molecule has 0 atom stereocenters. The standard InChI is InChI=1S/C22H15ClN6OS/c1-29-21(18-4-2-3-11-24-18)27-19(22(29)31-16-8-6-15(23)7-9-16)17-10-5-14(12-25-17)20-26-13-30-28-20/h2-13H,1H3. The lowest BCUT2D eigenvalue weighted by molar-refractivity contribution is 0.418. The Kier molecular flexibility index (Phi) is 5.23. The molecule has 0 aliphatic heterocycles. The molecule has 0 spiro atoms. The van der Waals surface area contributed by atoms with Gasteiger partial charge >= 0.3 is 0 Å². The first-order valence-electron chi connectivity index (χ1n) is 9.34. The smallest absolute Gasteiger partial charge is 0.214 e. The van der Waals surface area contributed by atoms with Crippen molar-refractivity contribution in [2.75, 3.05) is 0 Å². The van der Waals surface area contributed by atoms with Gasteiger partial charge in [-0.1, -0.05) is 34.6 Å². The second-order valence-electron chi connectivity index (χ2n) is 6.61. The van der Waals surface area contributed by atoms with Gasteiger partial charge in [0.25, 0.3) is 0 Å². The molecule has 4 heterocycles. The van der Waals surface area contributed by atoms with E-state index >= 15 is 0 Å². The average Bonchev–Trinajstić information content (AvgIpc) is 3.45. The van der Waals surface area contributed by atoms with E-state index in [-0.39, 0.29) is 0 Å². The summed E-state index contributed by atoms with van der Waals surface area (Å²) in [7, 11) is 1.98. The van der Waals surface area contributed by atoms with Crippen LogP contribution in [0.2, 0.25) is 5.02 Å². The Hall–Kier alpha value is -3.49. The van der Waals surface area contributed by atoms with Crippen molar-refractivity contribution in [2.45, 2.75) is 9.92 Å². The third-order valence-electron chi connectivity index (χ3n) is 4.59. The minimum absolute atomic E-state index is 0.491. The highest BCUT2D eigenvalue weighted by Gasteiger charge is 2.20. The molecule has 5 aromatic rings. The van der Waals surface area contributed by atoms with Gasteiger partial charge in [0.15, 0.2) is 5.82 Å². The van der Waals surface area contributed by atoms with E-state index in [1.165, 1.54) is 6.39 Å². The second-order valence-corrected chi connectivity index (χ2v) is 8.10. The Bertz CT molecular complexity index is 1300. The Labute approximate surface area is 187 Å². The summed E-state index contributed by atoms with van der Waals surface area (Å²) in [6, 6.07) is 17.3. The van der Waals surface area contributed by atoms with E-state index in [2.05, 4.69) is 20.1 Å². The SMILES string of the molecule is Cn1c(-c2ccccn2)nc(-c2ccc(-c3ncon3)cn2)c1Sc1ccc(Cl)cc1. The number of hydrogen-bond acceptors (Lipinski definition) is 7. The zero-order valence-corrected chi connectivity index (χ0v) is 17.9. The molecular formula is C22H15ClN6OS. The summed E-state index contributed by atoms with van der Waals surface area (Å²) in [5.41, 5.74) is 3.06. The third kappa shape index (κ3) is 3.95. The van der Waals surface area contributed by atoms with E-state index < -0.39 is 0 Å². The molecule has 0 saturated heterocycles. The average molecular weight is 447 g/mol. The van der Waals surface area contributed by atoms with Crippen LogP contribution in [0.5, 0.6) is 0 Å². The van der Waals surface area contributed by atoms with Crippen molar-refractivity contribution in [1.29, 1.82) is 0 Å². The van der Waals surface area contributed by atoms with Crippen LogP contribution >= 0.6 is 23.4 Å². The number of aromatic nitrogens is 6. The Morgan fingerprint density at radius 2 is 1.81 bits per heavy atom. The van der Waals surface area contributed by atoms with Crippen molar-refractivity contribution in [1.82, 2.24) is 29.7 Å². The van der Waals surface area contributed by atoms with Crippen molar-refractivity contribution in [3.63, 3.8) is 0 Å². The number of rotatable bonds is 5. The fourth-order valence-electron chi connectivity index (χ4n) is 3.07.